The van der Waals surface area contributed by atoms with Crippen molar-refractivity contribution in [2.75, 3.05) is 0 Å². The quantitative estimate of drug-likeness (QED) is 0.368. The van der Waals surface area contributed by atoms with Crippen molar-refractivity contribution in [3.05, 3.63) is 78.4 Å². The highest BCUT2D eigenvalue weighted by Gasteiger charge is 2.19. The molecule has 8 heteroatoms. The summed E-state index contributed by atoms with van der Waals surface area (Å²) in [5.41, 5.74) is 3.21. The van der Waals surface area contributed by atoms with Gasteiger partial charge in [-0.1, -0.05) is 23.9 Å². The number of aromatic hydroxyl groups is 1. The molecule has 1 N–H and O–H groups in total. The molecule has 0 saturated heterocycles. The first-order chi connectivity index (χ1) is 14.3. The molecule has 3 aromatic heterocycles. The lowest BCUT2D eigenvalue weighted by Gasteiger charge is -2.15. The first kappa shape index (κ1) is 20.4. The minimum Gasteiger partial charge on any atom is -0.502 e. The average molecular weight is 441 g/mol. The van der Waals surface area contributed by atoms with Crippen molar-refractivity contribution in [2.24, 2.45) is 0 Å². The summed E-state index contributed by atoms with van der Waals surface area (Å²) in [5, 5.41) is 10.6. The van der Waals surface area contributed by atoms with Gasteiger partial charge in [0, 0.05) is 10.9 Å². The van der Waals surface area contributed by atoms with Gasteiger partial charge in [-0.25, -0.2) is 4.98 Å². The number of aryl methyl sites for hydroxylation is 3. The van der Waals surface area contributed by atoms with Crippen LogP contribution in [0.25, 0.3) is 15.9 Å². The Kier molecular flexibility index (Phi) is 5.29. The lowest BCUT2D eigenvalue weighted by molar-refractivity contribution is 0.419. The Morgan fingerprint density at radius 3 is 2.67 bits per heavy atom. The van der Waals surface area contributed by atoms with E-state index in [1.165, 1.54) is 29.2 Å². The second-order valence-electron chi connectivity index (χ2n) is 7.10. The Labute approximate surface area is 180 Å². The fourth-order valence-corrected chi connectivity index (χ4v) is 5.18. The molecule has 0 unspecified atom stereocenters. The monoisotopic (exact) mass is 440 g/mol. The summed E-state index contributed by atoms with van der Waals surface area (Å²) in [7, 11) is 0. The van der Waals surface area contributed by atoms with Crippen LogP contribution in [0.5, 0.6) is 5.75 Å². The first-order valence-corrected chi connectivity index (χ1v) is 11.1. The van der Waals surface area contributed by atoms with E-state index in [2.05, 4.69) is 0 Å². The van der Waals surface area contributed by atoms with Crippen molar-refractivity contribution in [1.82, 2.24) is 9.55 Å². The number of hydrogen-bond acceptors (Lipinski definition) is 7. The lowest BCUT2D eigenvalue weighted by Crippen LogP contribution is -2.22. The average Bonchev–Trinajstić information content (AvgIpc) is 2.99. The zero-order valence-corrected chi connectivity index (χ0v) is 18.6. The van der Waals surface area contributed by atoms with E-state index < -0.39 is 11.2 Å². The smallest absolute Gasteiger partial charge is 0.267 e. The number of thioether (sulfide) groups is 1. The van der Waals surface area contributed by atoms with Crippen LogP contribution in [0.1, 0.15) is 27.3 Å². The molecule has 0 fully saturated rings. The Morgan fingerprint density at radius 1 is 1.17 bits per heavy atom. The molecule has 154 valence electrons. The van der Waals surface area contributed by atoms with Crippen LogP contribution >= 0.6 is 23.1 Å². The summed E-state index contributed by atoms with van der Waals surface area (Å²) in [6.45, 7) is 7.93. The van der Waals surface area contributed by atoms with Crippen LogP contribution in [0.15, 0.2) is 49.7 Å². The van der Waals surface area contributed by atoms with E-state index in [4.69, 9.17) is 9.40 Å². The van der Waals surface area contributed by atoms with Gasteiger partial charge in [-0.05, 0) is 50.5 Å². The van der Waals surface area contributed by atoms with Crippen LogP contribution in [-0.4, -0.2) is 14.7 Å². The topological polar surface area (TPSA) is 85.3 Å². The minimum absolute atomic E-state index is 0.106. The molecule has 0 amide bonds. The number of hydrogen-bond donors (Lipinski definition) is 1. The maximum atomic E-state index is 13.6. The predicted octanol–water partition coefficient (Wildman–Crippen LogP) is 4.63. The Balaban J connectivity index is 1.91. The first-order valence-electron chi connectivity index (χ1n) is 9.30. The van der Waals surface area contributed by atoms with E-state index in [0.29, 0.717) is 26.9 Å². The largest absolute Gasteiger partial charge is 0.502 e. The van der Waals surface area contributed by atoms with Crippen LogP contribution in [0.2, 0.25) is 0 Å². The van der Waals surface area contributed by atoms with Crippen molar-refractivity contribution in [1.29, 1.82) is 0 Å². The summed E-state index contributed by atoms with van der Waals surface area (Å²) in [5.74, 6) is 0.255. The number of benzene rings is 1. The number of nitrogens with zero attached hydrogens (tertiary/aromatic N) is 2. The number of rotatable bonds is 4. The van der Waals surface area contributed by atoms with E-state index in [9.17, 15) is 14.7 Å². The van der Waals surface area contributed by atoms with E-state index in [1.807, 2.05) is 45.9 Å². The van der Waals surface area contributed by atoms with Gasteiger partial charge in [0.05, 0.1) is 16.8 Å². The molecule has 0 saturated carbocycles. The molecule has 0 spiro atoms. The summed E-state index contributed by atoms with van der Waals surface area (Å²) in [4.78, 5) is 31.8. The highest BCUT2D eigenvalue weighted by atomic mass is 32.2. The fraction of sp³-hybridized carbons (Fsp3) is 0.227. The standard InChI is InChI=1S/C22H20N2O4S2/c1-11-6-5-7-16(12(11)2)24-21(27)19-13(3)14(4)30-20(19)23-22(24)29-10-15-8-17(25)18(26)9-28-15/h5-9,26H,10H2,1-4H3. The molecule has 0 bridgehead atoms. The molecule has 3 heterocycles. The molecular weight excluding hydrogens is 420 g/mol. The van der Waals surface area contributed by atoms with Crippen LogP contribution in [0, 0.1) is 27.7 Å². The molecule has 6 nitrogen and oxygen atoms in total. The van der Waals surface area contributed by atoms with Gasteiger partial charge in [0.25, 0.3) is 5.56 Å². The predicted molar refractivity (Wildman–Crippen MR) is 120 cm³/mol. The van der Waals surface area contributed by atoms with Crippen molar-refractivity contribution >= 4 is 33.3 Å². The van der Waals surface area contributed by atoms with E-state index in [0.717, 1.165) is 33.5 Å². The van der Waals surface area contributed by atoms with Crippen LogP contribution < -0.4 is 11.0 Å². The van der Waals surface area contributed by atoms with Gasteiger partial charge in [-0.2, -0.15) is 0 Å². The van der Waals surface area contributed by atoms with Crippen LogP contribution in [0.4, 0.5) is 0 Å². The van der Waals surface area contributed by atoms with Gasteiger partial charge in [0.2, 0.25) is 5.43 Å². The third kappa shape index (κ3) is 3.46. The molecule has 0 aliphatic heterocycles. The van der Waals surface area contributed by atoms with Crippen LogP contribution in [-0.2, 0) is 5.75 Å². The van der Waals surface area contributed by atoms with E-state index >= 15 is 0 Å². The normalized spacial score (nSPS) is 11.3. The molecule has 0 atom stereocenters. The molecule has 0 radical (unpaired) electrons. The van der Waals surface area contributed by atoms with Gasteiger partial charge in [0.15, 0.2) is 10.9 Å². The Morgan fingerprint density at radius 2 is 1.93 bits per heavy atom. The third-order valence-corrected chi connectivity index (χ3v) is 7.26. The maximum absolute atomic E-state index is 13.6. The SMILES string of the molecule is Cc1cccc(-n2c(SCc3cc(=O)c(O)co3)nc3sc(C)c(C)c3c2=O)c1C. The zero-order valence-electron chi connectivity index (χ0n) is 17.0. The van der Waals surface area contributed by atoms with E-state index in [1.54, 1.807) is 4.57 Å². The van der Waals surface area contributed by atoms with Crippen molar-refractivity contribution < 1.29 is 9.52 Å². The summed E-state index contributed by atoms with van der Waals surface area (Å²) >= 11 is 2.81. The zero-order chi connectivity index (χ0) is 21.6. The summed E-state index contributed by atoms with van der Waals surface area (Å²) in [6.07, 6.45) is 1.03. The van der Waals surface area contributed by atoms with Crippen molar-refractivity contribution in [3.63, 3.8) is 0 Å². The Bertz CT molecular complexity index is 1400. The highest BCUT2D eigenvalue weighted by molar-refractivity contribution is 7.98. The maximum Gasteiger partial charge on any atom is 0.267 e. The summed E-state index contributed by atoms with van der Waals surface area (Å²) in [6, 6.07) is 7.10. The summed E-state index contributed by atoms with van der Waals surface area (Å²) < 4.78 is 6.95. The molecule has 0 aliphatic carbocycles. The number of fused-ring (bicyclic) bond motifs is 1. The molecule has 1 aromatic carbocycles. The third-order valence-electron chi connectivity index (χ3n) is 5.20. The van der Waals surface area contributed by atoms with Gasteiger partial charge >= 0.3 is 0 Å². The second-order valence-corrected chi connectivity index (χ2v) is 9.25. The second kappa shape index (κ2) is 7.77. The highest BCUT2D eigenvalue weighted by Crippen LogP contribution is 2.31. The van der Waals surface area contributed by atoms with Crippen LogP contribution in [0.3, 0.4) is 0 Å². The minimum atomic E-state index is -0.503. The van der Waals surface area contributed by atoms with Crippen molar-refractivity contribution in [2.45, 2.75) is 38.6 Å². The molecule has 30 heavy (non-hydrogen) atoms. The van der Waals surface area contributed by atoms with E-state index in [-0.39, 0.29) is 5.56 Å². The molecule has 0 aliphatic rings. The van der Waals surface area contributed by atoms with Crippen molar-refractivity contribution in [3.8, 4) is 11.4 Å². The van der Waals surface area contributed by atoms with Gasteiger partial charge < -0.3 is 9.52 Å². The van der Waals surface area contributed by atoms with Gasteiger partial charge in [-0.15, -0.1) is 11.3 Å². The molecule has 4 aromatic rings. The molecular formula is C22H20N2O4S2. The van der Waals surface area contributed by atoms with Gasteiger partial charge in [0.1, 0.15) is 16.9 Å². The number of thiophene rings is 1. The fourth-order valence-electron chi connectivity index (χ4n) is 3.22. The number of aromatic nitrogens is 2. The van der Waals surface area contributed by atoms with Gasteiger partial charge in [-0.3, -0.25) is 14.2 Å². The molecule has 4 rings (SSSR count). The Hall–Kier alpha value is -2.84. The lowest BCUT2D eigenvalue weighted by atomic mass is 10.1.